The molecule has 0 amide bonds. The molecule has 3 aromatic rings. The third-order valence-electron chi connectivity index (χ3n) is 3.95. The summed E-state index contributed by atoms with van der Waals surface area (Å²) in [5, 5.41) is 0. The van der Waals surface area contributed by atoms with Crippen molar-refractivity contribution in [2.75, 3.05) is 0 Å². The molecule has 0 N–H and O–H groups in total. The van der Waals surface area contributed by atoms with E-state index in [9.17, 15) is 4.79 Å². The molecule has 108 valence electrons. The fraction of sp³-hybridized carbons (Fsp3) is 0.235. The summed E-state index contributed by atoms with van der Waals surface area (Å²) in [5.74, 6) is 0. The third-order valence-corrected chi connectivity index (χ3v) is 3.95. The van der Waals surface area contributed by atoms with Crippen LogP contribution in [0.1, 0.15) is 17.1 Å². The van der Waals surface area contributed by atoms with Crippen LogP contribution in [0.15, 0.2) is 47.3 Å². The second-order valence-electron chi connectivity index (χ2n) is 5.36. The molecule has 0 aliphatic heterocycles. The van der Waals surface area contributed by atoms with Crippen molar-refractivity contribution in [3.8, 4) is 11.4 Å². The first-order valence-corrected chi connectivity index (χ1v) is 7.01. The lowest BCUT2D eigenvalue weighted by atomic mass is 10.3. The Hall–Kier alpha value is -2.49. The van der Waals surface area contributed by atoms with Crippen LogP contribution in [0, 0.1) is 20.8 Å². The molecule has 0 saturated heterocycles. The van der Waals surface area contributed by atoms with Gasteiger partial charge in [-0.1, -0.05) is 18.2 Å². The van der Waals surface area contributed by atoms with Gasteiger partial charge in [-0.3, -0.25) is 9.48 Å². The number of benzene rings is 1. The first-order valence-electron chi connectivity index (χ1n) is 7.01. The molecular weight excluding hydrogens is 262 g/mol. The van der Waals surface area contributed by atoms with E-state index in [-0.39, 0.29) is 5.56 Å². The molecule has 0 spiro atoms. The fourth-order valence-corrected chi connectivity index (χ4v) is 2.94. The Morgan fingerprint density at radius 2 is 1.43 bits per heavy atom. The number of rotatable bonds is 2. The molecule has 4 nitrogen and oxygen atoms in total. The van der Waals surface area contributed by atoms with Crippen LogP contribution in [-0.2, 0) is 7.05 Å². The zero-order valence-corrected chi connectivity index (χ0v) is 12.8. The predicted molar refractivity (Wildman–Crippen MR) is 84.5 cm³/mol. The Morgan fingerprint density at radius 3 is 2.00 bits per heavy atom. The average molecular weight is 281 g/mol. The molecule has 0 bridgehead atoms. The molecule has 0 atom stereocenters. The molecule has 2 heterocycles. The summed E-state index contributed by atoms with van der Waals surface area (Å²) in [4.78, 5) is 12.7. The number of hydrogen-bond donors (Lipinski definition) is 0. The maximum absolute atomic E-state index is 12.7. The number of para-hydroxylation sites is 1. The summed E-state index contributed by atoms with van der Waals surface area (Å²) in [7, 11) is 1.81. The Bertz CT molecular complexity index is 831. The van der Waals surface area contributed by atoms with Crippen LogP contribution in [0.5, 0.6) is 0 Å². The largest absolute Gasteiger partial charge is 0.312 e. The molecule has 0 radical (unpaired) electrons. The molecule has 21 heavy (non-hydrogen) atoms. The number of hydrogen-bond acceptors (Lipinski definition) is 1. The SMILES string of the molecule is Cc1ccc(C)n1-c1c(C)n(-c2ccccc2)n(C)c1=O. The van der Waals surface area contributed by atoms with E-state index in [0.29, 0.717) is 0 Å². The number of nitrogens with zero attached hydrogens (tertiary/aromatic N) is 3. The molecule has 0 aliphatic carbocycles. The van der Waals surface area contributed by atoms with E-state index in [1.165, 1.54) is 0 Å². The van der Waals surface area contributed by atoms with Gasteiger partial charge in [-0.15, -0.1) is 0 Å². The Balaban J connectivity index is 2.34. The minimum absolute atomic E-state index is 0.0127. The summed E-state index contributed by atoms with van der Waals surface area (Å²) < 4.78 is 5.65. The highest BCUT2D eigenvalue weighted by molar-refractivity contribution is 5.44. The van der Waals surface area contributed by atoms with Gasteiger partial charge in [-0.2, -0.15) is 0 Å². The van der Waals surface area contributed by atoms with E-state index in [0.717, 1.165) is 28.5 Å². The van der Waals surface area contributed by atoms with Gasteiger partial charge in [0, 0.05) is 18.4 Å². The maximum atomic E-state index is 12.7. The smallest absolute Gasteiger partial charge is 0.291 e. The van der Waals surface area contributed by atoms with Gasteiger partial charge in [0.05, 0.1) is 11.4 Å². The lowest BCUT2D eigenvalue weighted by Crippen LogP contribution is -2.20. The third kappa shape index (κ3) is 1.95. The van der Waals surface area contributed by atoms with Gasteiger partial charge in [0.1, 0.15) is 5.69 Å². The van der Waals surface area contributed by atoms with E-state index in [2.05, 4.69) is 0 Å². The Kier molecular flexibility index (Phi) is 3.09. The van der Waals surface area contributed by atoms with Crippen LogP contribution >= 0.6 is 0 Å². The molecule has 0 saturated carbocycles. The highest BCUT2D eigenvalue weighted by atomic mass is 16.1. The zero-order chi connectivity index (χ0) is 15.1. The van der Waals surface area contributed by atoms with Crippen molar-refractivity contribution in [1.29, 1.82) is 0 Å². The molecular formula is C17H19N3O. The summed E-state index contributed by atoms with van der Waals surface area (Å²) in [6, 6.07) is 14.0. The Morgan fingerprint density at radius 1 is 0.857 bits per heavy atom. The van der Waals surface area contributed by atoms with E-state index < -0.39 is 0 Å². The van der Waals surface area contributed by atoms with Gasteiger partial charge in [-0.05, 0) is 45.0 Å². The van der Waals surface area contributed by atoms with Crippen LogP contribution in [0.4, 0.5) is 0 Å². The van der Waals surface area contributed by atoms with Gasteiger partial charge in [0.25, 0.3) is 5.56 Å². The van der Waals surface area contributed by atoms with E-state index >= 15 is 0 Å². The monoisotopic (exact) mass is 281 g/mol. The van der Waals surface area contributed by atoms with Crippen molar-refractivity contribution in [2.45, 2.75) is 20.8 Å². The number of aryl methyl sites for hydroxylation is 2. The summed E-state index contributed by atoms with van der Waals surface area (Å²) in [5.41, 5.74) is 4.80. The van der Waals surface area contributed by atoms with Crippen molar-refractivity contribution in [2.24, 2.45) is 7.05 Å². The molecule has 0 unspecified atom stereocenters. The summed E-state index contributed by atoms with van der Waals surface area (Å²) in [6.07, 6.45) is 0. The van der Waals surface area contributed by atoms with Crippen molar-refractivity contribution in [1.82, 2.24) is 13.9 Å². The van der Waals surface area contributed by atoms with E-state index in [1.54, 1.807) is 11.7 Å². The van der Waals surface area contributed by atoms with Crippen molar-refractivity contribution >= 4 is 0 Å². The summed E-state index contributed by atoms with van der Waals surface area (Å²) >= 11 is 0. The van der Waals surface area contributed by atoms with Gasteiger partial charge in [-0.25, -0.2) is 4.68 Å². The molecule has 0 fully saturated rings. The second-order valence-corrected chi connectivity index (χ2v) is 5.36. The van der Waals surface area contributed by atoms with Crippen LogP contribution in [0.2, 0.25) is 0 Å². The van der Waals surface area contributed by atoms with Gasteiger partial charge >= 0.3 is 0 Å². The standard InChI is InChI=1S/C17H19N3O/c1-12-10-11-13(2)19(12)16-14(3)20(18(4)17(16)21)15-8-6-5-7-9-15/h5-11H,1-4H3. The van der Waals surface area contributed by atoms with Gasteiger partial charge in [0.2, 0.25) is 0 Å². The first-order chi connectivity index (χ1) is 10.0. The quantitative estimate of drug-likeness (QED) is 0.710. The zero-order valence-electron chi connectivity index (χ0n) is 12.8. The molecule has 1 aromatic carbocycles. The first kappa shape index (κ1) is 13.5. The minimum Gasteiger partial charge on any atom is -0.312 e. The molecule has 0 aliphatic rings. The molecule has 2 aromatic heterocycles. The minimum atomic E-state index is 0.0127. The lowest BCUT2D eigenvalue weighted by Gasteiger charge is -2.11. The van der Waals surface area contributed by atoms with Crippen molar-refractivity contribution < 1.29 is 0 Å². The highest BCUT2D eigenvalue weighted by Gasteiger charge is 2.19. The second kappa shape index (κ2) is 4.81. The summed E-state index contributed by atoms with van der Waals surface area (Å²) in [6.45, 7) is 6.03. The normalized spacial score (nSPS) is 11.0. The van der Waals surface area contributed by atoms with Gasteiger partial charge < -0.3 is 4.57 Å². The maximum Gasteiger partial charge on any atom is 0.291 e. The van der Waals surface area contributed by atoms with Crippen molar-refractivity contribution in [3.63, 3.8) is 0 Å². The van der Waals surface area contributed by atoms with Crippen LogP contribution in [-0.4, -0.2) is 13.9 Å². The van der Waals surface area contributed by atoms with Crippen LogP contribution < -0.4 is 5.56 Å². The van der Waals surface area contributed by atoms with E-state index in [4.69, 9.17) is 0 Å². The van der Waals surface area contributed by atoms with Crippen LogP contribution in [0.25, 0.3) is 11.4 Å². The number of aromatic nitrogens is 3. The predicted octanol–water partition coefficient (Wildman–Crippen LogP) is 2.89. The topological polar surface area (TPSA) is 31.9 Å². The average Bonchev–Trinajstić information content (AvgIpc) is 2.90. The Labute approximate surface area is 123 Å². The lowest BCUT2D eigenvalue weighted by molar-refractivity contribution is 0.629. The highest BCUT2D eigenvalue weighted by Crippen LogP contribution is 2.20. The van der Waals surface area contributed by atoms with E-state index in [1.807, 2.05) is 72.5 Å². The van der Waals surface area contributed by atoms with Crippen molar-refractivity contribution in [3.05, 3.63) is 69.9 Å². The molecule has 4 heteroatoms. The molecule has 3 rings (SSSR count). The van der Waals surface area contributed by atoms with Crippen LogP contribution in [0.3, 0.4) is 0 Å². The van der Waals surface area contributed by atoms with Gasteiger partial charge in [0.15, 0.2) is 0 Å². The fourth-order valence-electron chi connectivity index (χ4n) is 2.94.